The molecular formula is C17H22N4O5. The number of ether oxygens (including phenoxy) is 2. The summed E-state index contributed by atoms with van der Waals surface area (Å²) in [4.78, 5) is 16.1. The van der Waals surface area contributed by atoms with Crippen LogP contribution in [0.25, 0.3) is 5.52 Å². The van der Waals surface area contributed by atoms with Gasteiger partial charge < -0.3 is 25.4 Å². The molecule has 1 aliphatic carbocycles. The van der Waals surface area contributed by atoms with Crippen molar-refractivity contribution in [3.8, 4) is 0 Å². The number of aromatic nitrogens is 3. The second kappa shape index (κ2) is 4.93. The number of hydrogen-bond donors (Lipinski definition) is 3. The minimum Gasteiger partial charge on any atom is -0.455 e. The Balaban J connectivity index is 1.63. The van der Waals surface area contributed by atoms with Gasteiger partial charge in [0.25, 0.3) is 0 Å². The Labute approximate surface area is 149 Å². The van der Waals surface area contributed by atoms with Gasteiger partial charge in [-0.25, -0.2) is 9.50 Å². The molecule has 4 N–H and O–H groups in total. The Bertz CT molecular complexity index is 906. The highest BCUT2D eigenvalue weighted by atomic mass is 16.6. The van der Waals surface area contributed by atoms with Gasteiger partial charge in [-0.2, -0.15) is 5.10 Å². The van der Waals surface area contributed by atoms with Crippen LogP contribution in [0.3, 0.4) is 0 Å². The number of hydrogen-bond acceptors (Lipinski definition) is 8. The number of aliphatic hydroxyl groups excluding tert-OH is 1. The number of rotatable bonds is 2. The summed E-state index contributed by atoms with van der Waals surface area (Å²) in [5, 5.41) is 25.8. The van der Waals surface area contributed by atoms with Crippen LogP contribution in [-0.2, 0) is 14.3 Å². The lowest BCUT2D eigenvalue weighted by molar-refractivity contribution is -0.165. The fraction of sp³-hybridized carbons (Fsp3) is 0.588. The number of fused-ring (bicyclic) bond motifs is 2. The van der Waals surface area contributed by atoms with E-state index in [-0.39, 0.29) is 0 Å². The summed E-state index contributed by atoms with van der Waals surface area (Å²) in [6.07, 6.45) is -1.76. The molecule has 4 rings (SSSR count). The molecule has 5 atom stereocenters. The number of carbonyl (C=O) groups excluding carboxylic acids is 1. The van der Waals surface area contributed by atoms with Gasteiger partial charge in [0.2, 0.25) is 0 Å². The highest BCUT2D eigenvalue weighted by molar-refractivity contribution is 5.76. The molecule has 1 saturated carbocycles. The number of anilines is 1. The van der Waals surface area contributed by atoms with Gasteiger partial charge in [-0.1, -0.05) is 0 Å². The predicted molar refractivity (Wildman–Crippen MR) is 89.9 cm³/mol. The molecule has 1 aliphatic heterocycles. The third kappa shape index (κ3) is 1.99. The van der Waals surface area contributed by atoms with E-state index in [1.807, 2.05) is 0 Å². The first-order chi connectivity index (χ1) is 12.0. The average molecular weight is 362 g/mol. The van der Waals surface area contributed by atoms with Crippen LogP contribution in [0.5, 0.6) is 0 Å². The minimum atomic E-state index is -1.68. The zero-order valence-corrected chi connectivity index (χ0v) is 15.0. The Morgan fingerprint density at radius 3 is 2.69 bits per heavy atom. The largest absolute Gasteiger partial charge is 0.455 e. The van der Waals surface area contributed by atoms with Crippen LogP contribution >= 0.6 is 0 Å². The lowest BCUT2D eigenvalue weighted by atomic mass is 9.97. The van der Waals surface area contributed by atoms with Gasteiger partial charge >= 0.3 is 5.97 Å². The van der Waals surface area contributed by atoms with Crippen molar-refractivity contribution in [3.63, 3.8) is 0 Å². The van der Waals surface area contributed by atoms with E-state index in [0.29, 0.717) is 17.0 Å². The average Bonchev–Trinajstić information content (AvgIpc) is 2.87. The molecular weight excluding hydrogens is 340 g/mol. The third-order valence-electron chi connectivity index (χ3n) is 5.36. The molecule has 2 aliphatic rings. The molecule has 0 aromatic carbocycles. The molecule has 1 saturated heterocycles. The van der Waals surface area contributed by atoms with Crippen molar-refractivity contribution < 1.29 is 24.5 Å². The van der Waals surface area contributed by atoms with Crippen molar-refractivity contribution in [2.75, 3.05) is 5.73 Å². The fourth-order valence-electron chi connectivity index (χ4n) is 3.62. The van der Waals surface area contributed by atoms with Crippen LogP contribution in [0.15, 0.2) is 18.5 Å². The molecule has 0 amide bonds. The maximum absolute atomic E-state index is 12.2. The molecule has 0 bridgehead atoms. The summed E-state index contributed by atoms with van der Waals surface area (Å²) in [6, 6.07) is 3.43. The number of esters is 1. The van der Waals surface area contributed by atoms with Gasteiger partial charge in [0.15, 0.2) is 17.5 Å². The SMILES string of the molecule is CC(C)(C)C(=O)OC1C2(C)OC(c3ccc4c(N)ncnn34)C(O)C12O. The molecule has 0 spiro atoms. The molecule has 0 radical (unpaired) electrons. The van der Waals surface area contributed by atoms with Crippen molar-refractivity contribution in [2.45, 2.75) is 57.2 Å². The smallest absolute Gasteiger partial charge is 0.311 e. The second-order valence-corrected chi connectivity index (χ2v) is 8.15. The van der Waals surface area contributed by atoms with Crippen LogP contribution in [-0.4, -0.2) is 54.2 Å². The quantitative estimate of drug-likeness (QED) is 0.646. The van der Waals surface area contributed by atoms with Crippen molar-refractivity contribution >= 4 is 17.3 Å². The topological polar surface area (TPSA) is 132 Å². The van der Waals surface area contributed by atoms with Crippen molar-refractivity contribution in [1.82, 2.24) is 14.6 Å². The van der Waals surface area contributed by atoms with Gasteiger partial charge in [-0.3, -0.25) is 4.79 Å². The number of nitrogens with two attached hydrogens (primary N) is 1. The lowest BCUT2D eigenvalue weighted by Crippen LogP contribution is -2.37. The molecule has 26 heavy (non-hydrogen) atoms. The Kier molecular flexibility index (Phi) is 3.26. The molecule has 3 heterocycles. The van der Waals surface area contributed by atoms with Crippen LogP contribution < -0.4 is 5.73 Å². The number of nitrogens with zero attached hydrogens (tertiary/aromatic N) is 3. The predicted octanol–water partition coefficient (Wildman–Crippen LogP) is 0.205. The molecule has 140 valence electrons. The summed E-state index contributed by atoms with van der Waals surface area (Å²) < 4.78 is 12.9. The van der Waals surface area contributed by atoms with E-state index in [0.717, 1.165) is 0 Å². The van der Waals surface area contributed by atoms with E-state index in [2.05, 4.69) is 10.1 Å². The number of aliphatic hydroxyl groups is 2. The Morgan fingerprint density at radius 1 is 1.42 bits per heavy atom. The van der Waals surface area contributed by atoms with E-state index in [1.165, 1.54) is 10.8 Å². The first kappa shape index (κ1) is 17.2. The van der Waals surface area contributed by atoms with Gasteiger partial charge in [0.05, 0.1) is 11.1 Å². The fourth-order valence-corrected chi connectivity index (χ4v) is 3.62. The van der Waals surface area contributed by atoms with Gasteiger partial charge in [0, 0.05) is 0 Å². The minimum absolute atomic E-state index is 0.297. The van der Waals surface area contributed by atoms with Gasteiger partial charge in [-0.15, -0.1) is 0 Å². The van der Waals surface area contributed by atoms with Crippen LogP contribution in [0.2, 0.25) is 0 Å². The summed E-state index contributed by atoms with van der Waals surface area (Å²) >= 11 is 0. The zero-order valence-electron chi connectivity index (χ0n) is 15.0. The highest BCUT2D eigenvalue weighted by Crippen LogP contribution is 2.64. The number of nitrogen functional groups attached to an aromatic ring is 1. The first-order valence-corrected chi connectivity index (χ1v) is 8.39. The maximum atomic E-state index is 12.2. The van der Waals surface area contributed by atoms with Crippen LogP contribution in [0.4, 0.5) is 5.82 Å². The van der Waals surface area contributed by atoms with Gasteiger partial charge in [-0.05, 0) is 39.8 Å². The molecule has 5 unspecified atom stereocenters. The highest BCUT2D eigenvalue weighted by Gasteiger charge is 2.87. The summed E-state index contributed by atoms with van der Waals surface area (Å²) in [5.41, 5.74) is 3.34. The summed E-state index contributed by atoms with van der Waals surface area (Å²) in [5.74, 6) is -0.168. The van der Waals surface area contributed by atoms with Crippen molar-refractivity contribution in [2.24, 2.45) is 5.41 Å². The van der Waals surface area contributed by atoms with Crippen molar-refractivity contribution in [3.05, 3.63) is 24.2 Å². The Hall–Kier alpha value is -2.23. The molecule has 2 aromatic rings. The molecule has 9 heteroatoms. The van der Waals surface area contributed by atoms with Crippen LogP contribution in [0.1, 0.15) is 39.5 Å². The maximum Gasteiger partial charge on any atom is 0.311 e. The zero-order chi connectivity index (χ0) is 19.1. The summed E-state index contributed by atoms with van der Waals surface area (Å²) in [7, 11) is 0. The van der Waals surface area contributed by atoms with E-state index < -0.39 is 40.9 Å². The summed E-state index contributed by atoms with van der Waals surface area (Å²) in [6.45, 7) is 6.78. The van der Waals surface area contributed by atoms with E-state index in [4.69, 9.17) is 15.2 Å². The van der Waals surface area contributed by atoms with E-state index in [9.17, 15) is 15.0 Å². The second-order valence-electron chi connectivity index (χ2n) is 8.15. The van der Waals surface area contributed by atoms with Crippen molar-refractivity contribution in [1.29, 1.82) is 0 Å². The first-order valence-electron chi connectivity index (χ1n) is 8.39. The third-order valence-corrected chi connectivity index (χ3v) is 5.36. The van der Waals surface area contributed by atoms with E-state index >= 15 is 0 Å². The molecule has 2 aromatic heterocycles. The normalized spacial score (nSPS) is 36.2. The standard InChI is InChI=1S/C17H22N4O5/c1-15(2,3)14(23)25-13-16(4)17(13,24)11(22)10(26-16)8-5-6-9-12(18)19-7-20-21(8)9/h5-7,10-11,13,22,24H,1-4H3,(H2,18,19,20). The van der Waals surface area contributed by atoms with E-state index in [1.54, 1.807) is 39.8 Å². The Morgan fingerprint density at radius 2 is 2.12 bits per heavy atom. The molecule has 9 nitrogen and oxygen atoms in total. The lowest BCUT2D eigenvalue weighted by Gasteiger charge is -2.24. The monoisotopic (exact) mass is 362 g/mol. The molecule has 2 fully saturated rings. The van der Waals surface area contributed by atoms with Crippen LogP contribution in [0, 0.1) is 5.41 Å². The number of carbonyl (C=O) groups is 1. The van der Waals surface area contributed by atoms with Gasteiger partial charge in [0.1, 0.15) is 29.7 Å².